The fourth-order valence-electron chi connectivity index (χ4n) is 2.38. The number of halogens is 1. The van der Waals surface area contributed by atoms with Gasteiger partial charge < -0.3 is 11.1 Å². The van der Waals surface area contributed by atoms with Gasteiger partial charge in [-0.1, -0.05) is 26.0 Å². The SMILES string of the molecule is CCN(CC)S(=O)(=O)c1ccc(CCC(=O)NCCCCN)cc1.Cl. The molecule has 0 radical (unpaired) electrons. The van der Waals surface area contributed by atoms with Crippen LogP contribution in [0.2, 0.25) is 0 Å². The average molecular weight is 392 g/mol. The Morgan fingerprint density at radius 1 is 1.12 bits per heavy atom. The van der Waals surface area contributed by atoms with Crippen LogP contribution in [0.4, 0.5) is 0 Å². The summed E-state index contributed by atoms with van der Waals surface area (Å²) in [5.74, 6) is 0.00635. The van der Waals surface area contributed by atoms with Crippen LogP contribution in [0.3, 0.4) is 0 Å². The van der Waals surface area contributed by atoms with Crippen LogP contribution in [0.1, 0.15) is 38.7 Å². The van der Waals surface area contributed by atoms with Gasteiger partial charge in [-0.3, -0.25) is 4.79 Å². The largest absolute Gasteiger partial charge is 0.356 e. The lowest BCUT2D eigenvalue weighted by Crippen LogP contribution is -2.30. The number of unbranched alkanes of at least 4 members (excludes halogenated alkanes) is 1. The van der Waals surface area contributed by atoms with Crippen LogP contribution < -0.4 is 11.1 Å². The number of nitrogens with one attached hydrogen (secondary N) is 1. The Labute approximate surface area is 157 Å². The molecule has 1 amide bonds. The number of hydrogen-bond acceptors (Lipinski definition) is 4. The van der Waals surface area contributed by atoms with Gasteiger partial charge in [0.2, 0.25) is 15.9 Å². The molecule has 0 bridgehead atoms. The second-order valence-corrected chi connectivity index (χ2v) is 7.52. The third-order valence-electron chi connectivity index (χ3n) is 3.86. The van der Waals surface area contributed by atoms with E-state index in [-0.39, 0.29) is 18.3 Å². The summed E-state index contributed by atoms with van der Waals surface area (Å²) in [5, 5.41) is 2.86. The zero-order valence-electron chi connectivity index (χ0n) is 15.0. The van der Waals surface area contributed by atoms with E-state index in [0.29, 0.717) is 43.9 Å². The number of hydrogen-bond donors (Lipinski definition) is 2. The minimum Gasteiger partial charge on any atom is -0.356 e. The molecule has 0 saturated carbocycles. The molecule has 0 aliphatic heterocycles. The summed E-state index contributed by atoms with van der Waals surface area (Å²) in [5.41, 5.74) is 6.35. The first kappa shape index (κ1) is 23.9. The van der Waals surface area contributed by atoms with Gasteiger partial charge in [0.05, 0.1) is 4.90 Å². The van der Waals surface area contributed by atoms with E-state index in [4.69, 9.17) is 5.73 Å². The van der Waals surface area contributed by atoms with E-state index in [1.54, 1.807) is 24.3 Å². The second-order valence-electron chi connectivity index (χ2n) is 5.58. The Morgan fingerprint density at radius 2 is 1.72 bits per heavy atom. The van der Waals surface area contributed by atoms with E-state index in [9.17, 15) is 13.2 Å². The summed E-state index contributed by atoms with van der Waals surface area (Å²) in [7, 11) is -3.42. The van der Waals surface area contributed by atoms with Gasteiger partial charge in [0.1, 0.15) is 0 Å². The highest BCUT2D eigenvalue weighted by Crippen LogP contribution is 2.16. The normalized spacial score (nSPS) is 11.2. The summed E-state index contributed by atoms with van der Waals surface area (Å²) in [6, 6.07) is 6.78. The number of carbonyl (C=O) groups excluding carboxylic acids is 1. The van der Waals surface area contributed by atoms with Crippen molar-refractivity contribution in [3.63, 3.8) is 0 Å². The van der Waals surface area contributed by atoms with Crippen LogP contribution >= 0.6 is 12.4 Å². The molecule has 0 aliphatic carbocycles. The van der Waals surface area contributed by atoms with Gasteiger partial charge in [-0.15, -0.1) is 12.4 Å². The molecule has 0 fully saturated rings. The highest BCUT2D eigenvalue weighted by Gasteiger charge is 2.21. The van der Waals surface area contributed by atoms with E-state index in [1.807, 2.05) is 13.8 Å². The van der Waals surface area contributed by atoms with Gasteiger partial charge in [-0.25, -0.2) is 8.42 Å². The van der Waals surface area contributed by atoms with Gasteiger partial charge >= 0.3 is 0 Å². The second kappa shape index (κ2) is 12.2. The first-order valence-electron chi connectivity index (χ1n) is 8.51. The fourth-order valence-corrected chi connectivity index (χ4v) is 3.84. The van der Waals surface area contributed by atoms with Crippen LogP contribution in [0.15, 0.2) is 29.2 Å². The Hall–Kier alpha value is -1.15. The molecule has 3 N–H and O–H groups in total. The Bertz CT molecular complexity index is 602. The van der Waals surface area contributed by atoms with Crippen molar-refractivity contribution in [2.45, 2.75) is 44.4 Å². The molecule has 144 valence electrons. The summed E-state index contributed by atoms with van der Waals surface area (Å²) in [4.78, 5) is 12.0. The quantitative estimate of drug-likeness (QED) is 0.563. The first-order chi connectivity index (χ1) is 11.5. The van der Waals surface area contributed by atoms with E-state index in [1.165, 1.54) is 4.31 Å². The van der Waals surface area contributed by atoms with Crippen LogP contribution in [0.5, 0.6) is 0 Å². The monoisotopic (exact) mass is 391 g/mol. The smallest absolute Gasteiger partial charge is 0.243 e. The van der Waals surface area contributed by atoms with Crippen molar-refractivity contribution in [2.75, 3.05) is 26.2 Å². The molecule has 1 aromatic carbocycles. The Kier molecular flexibility index (Phi) is 11.7. The minimum atomic E-state index is -3.42. The number of nitrogens with two attached hydrogens (primary N) is 1. The number of benzene rings is 1. The maximum atomic E-state index is 12.4. The highest BCUT2D eigenvalue weighted by atomic mass is 35.5. The van der Waals surface area contributed by atoms with E-state index in [0.717, 1.165) is 18.4 Å². The molecule has 0 heterocycles. The molecule has 0 aliphatic rings. The lowest BCUT2D eigenvalue weighted by atomic mass is 10.1. The number of carbonyl (C=O) groups is 1. The van der Waals surface area contributed by atoms with Gasteiger partial charge in [-0.2, -0.15) is 4.31 Å². The van der Waals surface area contributed by atoms with Crippen LogP contribution in [-0.4, -0.2) is 44.8 Å². The van der Waals surface area contributed by atoms with Crippen molar-refractivity contribution >= 4 is 28.3 Å². The molecule has 25 heavy (non-hydrogen) atoms. The van der Waals surface area contributed by atoms with E-state index >= 15 is 0 Å². The zero-order chi connectivity index (χ0) is 18.0. The molecule has 1 rings (SSSR count). The molecule has 1 aromatic rings. The molecule has 6 nitrogen and oxygen atoms in total. The minimum absolute atomic E-state index is 0. The molecule has 0 unspecified atom stereocenters. The van der Waals surface area contributed by atoms with Crippen molar-refractivity contribution < 1.29 is 13.2 Å². The summed E-state index contributed by atoms with van der Waals surface area (Å²) < 4.78 is 26.2. The predicted octanol–water partition coefficient (Wildman–Crippen LogP) is 1.93. The lowest BCUT2D eigenvalue weighted by molar-refractivity contribution is -0.121. The van der Waals surface area contributed by atoms with Crippen LogP contribution in [0, 0.1) is 0 Å². The van der Waals surface area contributed by atoms with Crippen molar-refractivity contribution in [3.8, 4) is 0 Å². The fraction of sp³-hybridized carbons (Fsp3) is 0.588. The van der Waals surface area contributed by atoms with Gasteiger partial charge in [0.25, 0.3) is 0 Å². The first-order valence-corrected chi connectivity index (χ1v) is 9.95. The molecule has 0 atom stereocenters. The maximum Gasteiger partial charge on any atom is 0.243 e. The number of aryl methyl sites for hydroxylation is 1. The molecule has 0 spiro atoms. The molecule has 8 heteroatoms. The number of sulfonamides is 1. The summed E-state index contributed by atoms with van der Waals surface area (Å²) in [6.07, 6.45) is 2.78. The van der Waals surface area contributed by atoms with Crippen molar-refractivity contribution in [1.29, 1.82) is 0 Å². The Balaban J connectivity index is 0.00000576. The average Bonchev–Trinajstić information content (AvgIpc) is 2.58. The predicted molar refractivity (Wildman–Crippen MR) is 103 cm³/mol. The van der Waals surface area contributed by atoms with Crippen molar-refractivity contribution in [2.24, 2.45) is 5.73 Å². The maximum absolute atomic E-state index is 12.4. The molecular formula is C17H30ClN3O3S. The van der Waals surface area contributed by atoms with Crippen molar-refractivity contribution in [3.05, 3.63) is 29.8 Å². The lowest BCUT2D eigenvalue weighted by Gasteiger charge is -2.18. The molecular weight excluding hydrogens is 362 g/mol. The number of amides is 1. The van der Waals surface area contributed by atoms with Crippen molar-refractivity contribution in [1.82, 2.24) is 9.62 Å². The van der Waals surface area contributed by atoms with Gasteiger partial charge in [0, 0.05) is 26.1 Å². The molecule has 0 aromatic heterocycles. The number of rotatable bonds is 11. The third-order valence-corrected chi connectivity index (χ3v) is 5.92. The van der Waals surface area contributed by atoms with Crippen LogP contribution in [-0.2, 0) is 21.2 Å². The standard InChI is InChI=1S/C17H29N3O3S.ClH/c1-3-20(4-2)24(22,23)16-10-7-15(8-11-16)9-12-17(21)19-14-6-5-13-18;/h7-8,10-11H,3-6,9,12-14,18H2,1-2H3,(H,19,21);1H. The Morgan fingerprint density at radius 3 is 2.24 bits per heavy atom. The molecule has 0 saturated heterocycles. The van der Waals surface area contributed by atoms with Gasteiger partial charge in [-0.05, 0) is 43.5 Å². The van der Waals surface area contributed by atoms with E-state index in [2.05, 4.69) is 5.32 Å². The van der Waals surface area contributed by atoms with E-state index < -0.39 is 10.0 Å². The summed E-state index contributed by atoms with van der Waals surface area (Å²) >= 11 is 0. The third kappa shape index (κ3) is 7.73. The number of nitrogens with zero attached hydrogens (tertiary/aromatic N) is 1. The topological polar surface area (TPSA) is 92.5 Å². The van der Waals surface area contributed by atoms with Gasteiger partial charge in [0.15, 0.2) is 0 Å². The van der Waals surface area contributed by atoms with Crippen LogP contribution in [0.25, 0.3) is 0 Å². The highest BCUT2D eigenvalue weighted by molar-refractivity contribution is 7.89. The zero-order valence-corrected chi connectivity index (χ0v) is 16.7. The summed E-state index contributed by atoms with van der Waals surface area (Å²) in [6.45, 7) is 5.83.